The Labute approximate surface area is 126 Å². The van der Waals surface area contributed by atoms with Crippen LogP contribution in [0.1, 0.15) is 18.3 Å². The zero-order valence-corrected chi connectivity index (χ0v) is 11.8. The molecule has 1 aliphatic rings. The Kier molecular flexibility index (Phi) is 3.01. The minimum absolute atomic E-state index is 0.277. The molecular formula is C17H14FN3O. The zero-order chi connectivity index (χ0) is 15.1. The quantitative estimate of drug-likeness (QED) is 0.790. The Morgan fingerprint density at radius 1 is 1.05 bits per heavy atom. The van der Waals surface area contributed by atoms with Gasteiger partial charge in [-0.25, -0.2) is 9.37 Å². The molecule has 0 saturated heterocycles. The predicted molar refractivity (Wildman–Crippen MR) is 80.4 cm³/mol. The van der Waals surface area contributed by atoms with Gasteiger partial charge in [0, 0.05) is 30.1 Å². The number of aliphatic hydroxyl groups is 1. The molecule has 0 aliphatic carbocycles. The van der Waals surface area contributed by atoms with Crippen LogP contribution in [0.4, 0.5) is 4.39 Å². The van der Waals surface area contributed by atoms with Crippen molar-refractivity contribution in [1.29, 1.82) is 0 Å². The van der Waals surface area contributed by atoms with Crippen LogP contribution in [-0.4, -0.2) is 19.6 Å². The van der Waals surface area contributed by atoms with E-state index in [1.807, 2.05) is 16.7 Å². The van der Waals surface area contributed by atoms with Crippen LogP contribution in [0.5, 0.6) is 0 Å². The lowest BCUT2D eigenvalue weighted by Gasteiger charge is -2.08. The van der Waals surface area contributed by atoms with Crippen LogP contribution >= 0.6 is 0 Å². The number of nitrogens with zero attached hydrogens (tertiary/aromatic N) is 3. The van der Waals surface area contributed by atoms with Crippen LogP contribution in [-0.2, 0) is 6.54 Å². The predicted octanol–water partition coefficient (Wildman–Crippen LogP) is 3.19. The highest BCUT2D eigenvalue weighted by Gasteiger charge is 2.28. The molecule has 1 N–H and O–H groups in total. The fourth-order valence-corrected chi connectivity index (χ4v) is 2.94. The van der Waals surface area contributed by atoms with Crippen LogP contribution in [0, 0.1) is 5.82 Å². The van der Waals surface area contributed by atoms with Crippen LogP contribution < -0.4 is 0 Å². The standard InChI is InChI=1S/C17H14FN3O/c18-13-3-1-11(2-4-13)15-16(12-5-8-19-9-6-12)21-10-7-14(22)17(21)20-15/h1-6,8-9,14,22H,7,10H2. The van der Waals surface area contributed by atoms with Crippen molar-refractivity contribution in [3.05, 3.63) is 60.4 Å². The summed E-state index contributed by atoms with van der Waals surface area (Å²) in [6, 6.07) is 10.1. The summed E-state index contributed by atoms with van der Waals surface area (Å²) in [6.45, 7) is 0.725. The molecule has 22 heavy (non-hydrogen) atoms. The Morgan fingerprint density at radius 3 is 2.50 bits per heavy atom. The summed E-state index contributed by atoms with van der Waals surface area (Å²) in [7, 11) is 0. The average molecular weight is 295 g/mol. The Bertz CT molecular complexity index is 812. The molecule has 4 nitrogen and oxygen atoms in total. The number of pyridine rings is 1. The van der Waals surface area contributed by atoms with Crippen molar-refractivity contribution in [2.75, 3.05) is 0 Å². The lowest BCUT2D eigenvalue weighted by molar-refractivity contribution is 0.176. The van der Waals surface area contributed by atoms with Crippen molar-refractivity contribution in [3.8, 4) is 22.5 Å². The molecule has 5 heteroatoms. The van der Waals surface area contributed by atoms with Gasteiger partial charge in [-0.15, -0.1) is 0 Å². The number of imidazole rings is 1. The number of aromatic nitrogens is 3. The van der Waals surface area contributed by atoms with Crippen molar-refractivity contribution < 1.29 is 9.50 Å². The SMILES string of the molecule is OC1CCn2c1nc(-c1ccc(F)cc1)c2-c1ccncc1. The first-order chi connectivity index (χ1) is 10.7. The third-order valence-corrected chi connectivity index (χ3v) is 3.99. The smallest absolute Gasteiger partial charge is 0.138 e. The maximum atomic E-state index is 13.2. The summed E-state index contributed by atoms with van der Waals surface area (Å²) in [5, 5.41) is 10.1. The molecule has 3 aromatic rings. The van der Waals surface area contributed by atoms with Gasteiger partial charge in [0.05, 0.1) is 11.4 Å². The number of rotatable bonds is 2. The van der Waals surface area contributed by atoms with E-state index in [0.29, 0.717) is 12.2 Å². The second-order valence-electron chi connectivity index (χ2n) is 5.37. The summed E-state index contributed by atoms with van der Waals surface area (Å²) in [5.41, 5.74) is 3.53. The van der Waals surface area contributed by atoms with E-state index in [4.69, 9.17) is 0 Å². The van der Waals surface area contributed by atoms with Gasteiger partial charge in [-0.05, 0) is 42.8 Å². The second kappa shape index (κ2) is 5.03. The average Bonchev–Trinajstić information content (AvgIpc) is 3.09. The highest BCUT2D eigenvalue weighted by molar-refractivity contribution is 5.79. The second-order valence-corrected chi connectivity index (χ2v) is 5.37. The number of benzene rings is 1. The van der Waals surface area contributed by atoms with Crippen molar-refractivity contribution in [3.63, 3.8) is 0 Å². The fraction of sp³-hybridized carbons (Fsp3) is 0.176. The zero-order valence-electron chi connectivity index (χ0n) is 11.8. The highest BCUT2D eigenvalue weighted by atomic mass is 19.1. The van der Waals surface area contributed by atoms with Gasteiger partial charge < -0.3 is 9.67 Å². The Hall–Kier alpha value is -2.53. The molecule has 0 bridgehead atoms. The fourth-order valence-electron chi connectivity index (χ4n) is 2.94. The maximum absolute atomic E-state index is 13.2. The number of halogens is 1. The van der Waals surface area contributed by atoms with E-state index < -0.39 is 6.10 Å². The van der Waals surface area contributed by atoms with Gasteiger partial charge in [-0.3, -0.25) is 4.98 Å². The van der Waals surface area contributed by atoms with E-state index in [9.17, 15) is 9.50 Å². The molecule has 0 spiro atoms. The molecule has 110 valence electrons. The van der Waals surface area contributed by atoms with Crippen LogP contribution in [0.2, 0.25) is 0 Å². The van der Waals surface area contributed by atoms with Gasteiger partial charge >= 0.3 is 0 Å². The Balaban J connectivity index is 1.95. The molecule has 0 saturated carbocycles. The topological polar surface area (TPSA) is 50.9 Å². The summed E-state index contributed by atoms with van der Waals surface area (Å²) < 4.78 is 15.2. The first-order valence-corrected chi connectivity index (χ1v) is 7.19. The van der Waals surface area contributed by atoms with Crippen molar-refractivity contribution in [2.24, 2.45) is 0 Å². The Morgan fingerprint density at radius 2 is 1.77 bits per heavy atom. The summed E-state index contributed by atoms with van der Waals surface area (Å²) in [4.78, 5) is 8.67. The van der Waals surface area contributed by atoms with E-state index in [0.717, 1.165) is 29.1 Å². The third-order valence-electron chi connectivity index (χ3n) is 3.99. The number of hydrogen-bond acceptors (Lipinski definition) is 3. The largest absolute Gasteiger partial charge is 0.385 e. The normalized spacial score (nSPS) is 16.7. The first-order valence-electron chi connectivity index (χ1n) is 7.19. The van der Waals surface area contributed by atoms with E-state index in [1.165, 1.54) is 12.1 Å². The lowest BCUT2D eigenvalue weighted by atomic mass is 10.1. The highest BCUT2D eigenvalue weighted by Crippen LogP contribution is 2.38. The van der Waals surface area contributed by atoms with E-state index in [-0.39, 0.29) is 5.82 Å². The molecule has 0 radical (unpaired) electrons. The van der Waals surface area contributed by atoms with E-state index >= 15 is 0 Å². The molecule has 0 fully saturated rings. The van der Waals surface area contributed by atoms with Crippen molar-refractivity contribution in [1.82, 2.24) is 14.5 Å². The molecular weight excluding hydrogens is 281 g/mol. The van der Waals surface area contributed by atoms with E-state index in [2.05, 4.69) is 9.97 Å². The van der Waals surface area contributed by atoms with Crippen molar-refractivity contribution >= 4 is 0 Å². The lowest BCUT2D eigenvalue weighted by Crippen LogP contribution is -1.96. The van der Waals surface area contributed by atoms with Crippen LogP contribution in [0.25, 0.3) is 22.5 Å². The molecule has 1 unspecified atom stereocenters. The number of aliphatic hydroxyl groups excluding tert-OH is 1. The third kappa shape index (κ3) is 2.02. The monoisotopic (exact) mass is 295 g/mol. The van der Waals surface area contributed by atoms with Gasteiger partial charge in [-0.1, -0.05) is 0 Å². The van der Waals surface area contributed by atoms with Gasteiger partial charge in [0.25, 0.3) is 0 Å². The molecule has 1 aromatic carbocycles. The number of fused-ring (bicyclic) bond motifs is 1. The van der Waals surface area contributed by atoms with Crippen molar-refractivity contribution in [2.45, 2.75) is 19.1 Å². The molecule has 4 rings (SSSR count). The summed E-state index contributed by atoms with van der Waals surface area (Å²) in [6.07, 6.45) is 3.59. The van der Waals surface area contributed by atoms with E-state index in [1.54, 1.807) is 24.5 Å². The minimum atomic E-state index is -0.546. The summed E-state index contributed by atoms with van der Waals surface area (Å²) in [5.74, 6) is 0.395. The van der Waals surface area contributed by atoms with Gasteiger partial charge in [-0.2, -0.15) is 0 Å². The molecule has 2 aromatic heterocycles. The van der Waals surface area contributed by atoms with Crippen LogP contribution in [0.15, 0.2) is 48.8 Å². The molecule has 0 amide bonds. The summed E-state index contributed by atoms with van der Waals surface area (Å²) >= 11 is 0. The molecule has 1 aliphatic heterocycles. The molecule has 3 heterocycles. The molecule has 1 atom stereocenters. The minimum Gasteiger partial charge on any atom is -0.385 e. The number of hydrogen-bond donors (Lipinski definition) is 1. The van der Waals surface area contributed by atoms with Gasteiger partial charge in [0.1, 0.15) is 17.7 Å². The van der Waals surface area contributed by atoms with Gasteiger partial charge in [0.15, 0.2) is 0 Å². The van der Waals surface area contributed by atoms with Crippen LogP contribution in [0.3, 0.4) is 0 Å². The van der Waals surface area contributed by atoms with Gasteiger partial charge in [0.2, 0.25) is 0 Å². The maximum Gasteiger partial charge on any atom is 0.138 e. The first kappa shape index (κ1) is 13.2.